The smallest absolute Gasteiger partial charge is 0.149 e. The van der Waals surface area contributed by atoms with Crippen LogP contribution in [0, 0.1) is 11.8 Å². The lowest BCUT2D eigenvalue weighted by Crippen LogP contribution is -2.04. The largest absolute Gasteiger partial charge is 0.507 e. The van der Waals surface area contributed by atoms with Crippen molar-refractivity contribution in [3.05, 3.63) is 218 Å². The maximum Gasteiger partial charge on any atom is 0.149 e. The number of benzene rings is 8. The summed E-state index contributed by atoms with van der Waals surface area (Å²) >= 11 is 0. The van der Waals surface area contributed by atoms with E-state index in [-0.39, 0.29) is 17.6 Å². The number of pyridine rings is 1. The molecule has 70 heavy (non-hydrogen) atoms. The molecule has 4 nitrogen and oxygen atoms in total. The summed E-state index contributed by atoms with van der Waals surface area (Å²) in [5.41, 5.74) is 15.4. The fourth-order valence-corrected chi connectivity index (χ4v) is 10.9. The van der Waals surface area contributed by atoms with Crippen LogP contribution in [0.15, 0.2) is 206 Å². The fraction of sp³-hybridized carbons (Fsp3) is 0.182. The van der Waals surface area contributed by atoms with Crippen molar-refractivity contribution >= 4 is 11.0 Å². The van der Waals surface area contributed by atoms with Gasteiger partial charge in [-0.3, -0.25) is 9.55 Å². The molecule has 1 N–H and O–H groups in total. The van der Waals surface area contributed by atoms with Crippen molar-refractivity contribution in [1.29, 1.82) is 0 Å². The standard InChI is InChI=1S/C66H57N3O/c70-65-58(51-22-6-2-7-23-51)27-14-28-59(65)66-68-64-57(26-15-29-63(64)69(66)62-35-32-48(39-46-18-12-13-19-46)40-60(62)52-24-8-3-9-25-52)55-41-54(49-20-4-1-5-21-49)42-56(43-55)61-44-53(36-37-67-61)50-33-30-47(31-34-50)38-45-16-10-11-17-45/h1-9,14-15,20-37,40-46,70H,10-13,16-19,38-39H2/i38D2,39D2. The maximum atomic E-state index is 12.4. The molecule has 8 aromatic carbocycles. The van der Waals surface area contributed by atoms with Crippen LogP contribution in [-0.4, -0.2) is 19.6 Å². The molecule has 2 saturated carbocycles. The first kappa shape index (κ1) is 39.1. The van der Waals surface area contributed by atoms with Gasteiger partial charge in [-0.2, -0.15) is 0 Å². The van der Waals surface area contributed by atoms with E-state index in [0.717, 1.165) is 135 Å². The van der Waals surface area contributed by atoms with Gasteiger partial charge in [-0.15, -0.1) is 0 Å². The lowest BCUT2D eigenvalue weighted by molar-refractivity contribution is 0.479. The molecular formula is C66H57N3O. The highest BCUT2D eigenvalue weighted by atomic mass is 16.3. The van der Waals surface area contributed by atoms with Gasteiger partial charge >= 0.3 is 0 Å². The summed E-state index contributed by atoms with van der Waals surface area (Å²) < 4.78 is 39.1. The Hall–Kier alpha value is -7.82. The Labute approximate surface area is 417 Å². The number of rotatable bonds is 12. The predicted molar refractivity (Wildman–Crippen MR) is 290 cm³/mol. The number of fused-ring (bicyclic) bond motifs is 1. The van der Waals surface area contributed by atoms with Crippen molar-refractivity contribution in [3.8, 4) is 89.7 Å². The van der Waals surface area contributed by atoms with E-state index < -0.39 is 12.7 Å². The zero-order valence-electron chi connectivity index (χ0n) is 43.2. The molecule has 2 fully saturated rings. The second-order valence-electron chi connectivity index (χ2n) is 19.0. The number of hydrogen-bond donors (Lipinski definition) is 1. The molecule has 2 heterocycles. The van der Waals surface area contributed by atoms with Crippen molar-refractivity contribution in [3.63, 3.8) is 0 Å². The zero-order valence-corrected chi connectivity index (χ0v) is 39.2. The van der Waals surface area contributed by atoms with E-state index in [4.69, 9.17) is 12.7 Å². The number of phenolic OH excluding ortho intramolecular Hbond substituents is 1. The molecule has 0 atom stereocenters. The van der Waals surface area contributed by atoms with Crippen molar-refractivity contribution < 1.29 is 10.6 Å². The first-order valence-electron chi connectivity index (χ1n) is 27.0. The minimum atomic E-state index is -1.51. The molecule has 2 aliphatic carbocycles. The van der Waals surface area contributed by atoms with Gasteiger partial charge in [0.2, 0.25) is 0 Å². The summed E-state index contributed by atoms with van der Waals surface area (Å²) in [5, 5.41) is 12.4. The summed E-state index contributed by atoms with van der Waals surface area (Å²) in [6, 6.07) is 67.4. The number of para-hydroxylation sites is 2. The third kappa shape index (κ3) is 8.75. The summed E-state index contributed by atoms with van der Waals surface area (Å²) in [4.78, 5) is 10.6. The van der Waals surface area contributed by atoms with E-state index in [0.29, 0.717) is 22.5 Å². The third-order valence-corrected chi connectivity index (χ3v) is 14.4. The van der Waals surface area contributed by atoms with E-state index >= 15 is 0 Å². The Morgan fingerprint density at radius 2 is 1.00 bits per heavy atom. The average Bonchev–Trinajstić information content (AvgIpc) is 4.28. The highest BCUT2D eigenvalue weighted by molar-refractivity contribution is 5.99. The average molecular weight is 912 g/mol. The van der Waals surface area contributed by atoms with Crippen LogP contribution in [0.2, 0.25) is 0 Å². The molecule has 342 valence electrons. The summed E-state index contributed by atoms with van der Waals surface area (Å²) in [6.07, 6.45) is 6.85. The molecule has 4 heteroatoms. The minimum Gasteiger partial charge on any atom is -0.507 e. The van der Waals surface area contributed by atoms with E-state index in [1.165, 1.54) is 0 Å². The Kier molecular flexibility index (Phi) is 10.8. The second kappa shape index (κ2) is 19.3. The van der Waals surface area contributed by atoms with Crippen molar-refractivity contribution in [1.82, 2.24) is 14.5 Å². The molecule has 0 bridgehead atoms. The Morgan fingerprint density at radius 3 is 1.70 bits per heavy atom. The lowest BCUT2D eigenvalue weighted by Gasteiger charge is -2.18. The van der Waals surface area contributed by atoms with Gasteiger partial charge < -0.3 is 5.11 Å². The van der Waals surface area contributed by atoms with Crippen LogP contribution in [0.5, 0.6) is 5.75 Å². The highest BCUT2D eigenvalue weighted by Crippen LogP contribution is 2.44. The van der Waals surface area contributed by atoms with Gasteiger partial charge in [-0.1, -0.05) is 197 Å². The quantitative estimate of drug-likeness (QED) is 0.133. The topological polar surface area (TPSA) is 50.9 Å². The van der Waals surface area contributed by atoms with Crippen molar-refractivity contribution in [2.45, 2.75) is 64.1 Å². The van der Waals surface area contributed by atoms with Gasteiger partial charge in [0.1, 0.15) is 11.6 Å². The molecule has 0 saturated heterocycles. The van der Waals surface area contributed by atoms with Gasteiger partial charge in [0.05, 0.1) is 28.0 Å². The van der Waals surface area contributed by atoms with Crippen LogP contribution in [-0.2, 0) is 12.7 Å². The summed E-state index contributed by atoms with van der Waals surface area (Å²) in [7, 11) is 0. The fourth-order valence-electron chi connectivity index (χ4n) is 10.9. The first-order valence-corrected chi connectivity index (χ1v) is 25.0. The minimum absolute atomic E-state index is 0.0506. The van der Waals surface area contributed by atoms with E-state index in [9.17, 15) is 7.85 Å². The van der Waals surface area contributed by atoms with Crippen LogP contribution in [0.4, 0.5) is 0 Å². The molecule has 0 amide bonds. The molecule has 10 aromatic rings. The van der Waals surface area contributed by atoms with Crippen LogP contribution >= 0.6 is 0 Å². The maximum absolute atomic E-state index is 12.4. The predicted octanol–water partition coefficient (Wildman–Crippen LogP) is 17.3. The number of hydrogen-bond acceptors (Lipinski definition) is 3. The highest BCUT2D eigenvalue weighted by Gasteiger charge is 2.25. The van der Waals surface area contributed by atoms with Gasteiger partial charge in [-0.05, 0) is 129 Å². The SMILES string of the molecule is [2H]C([2H])(c1ccc(-c2ccnc(-c3cc(-c4ccccc4)cc(-c4cccc5c4nc(-c4cccc(-c6ccccc6)c4O)n5-c4ccc(C([2H])([2H])C5CCCC5)cc4-c4ccccc4)c3)c2)cc1)C1CCCC1. The van der Waals surface area contributed by atoms with Gasteiger partial charge in [-0.25, -0.2) is 4.98 Å². The Balaban J connectivity index is 1.05. The van der Waals surface area contributed by atoms with Gasteiger partial charge in [0.15, 0.2) is 0 Å². The van der Waals surface area contributed by atoms with E-state index in [2.05, 4.69) is 83.4 Å². The number of aromatic hydroxyl groups is 1. The molecule has 0 radical (unpaired) electrons. The van der Waals surface area contributed by atoms with Crippen molar-refractivity contribution in [2.24, 2.45) is 11.8 Å². The van der Waals surface area contributed by atoms with Crippen LogP contribution in [0.1, 0.15) is 68.0 Å². The molecule has 0 aliphatic heterocycles. The van der Waals surface area contributed by atoms with Gasteiger partial charge in [0, 0.05) is 33.9 Å². The second-order valence-corrected chi connectivity index (χ2v) is 19.0. The van der Waals surface area contributed by atoms with E-state index in [1.54, 1.807) is 0 Å². The molecular weight excluding hydrogens is 851 g/mol. The molecule has 0 unspecified atom stereocenters. The molecule has 2 aromatic heterocycles. The van der Waals surface area contributed by atoms with Crippen LogP contribution in [0.25, 0.3) is 95.0 Å². The number of nitrogens with zero attached hydrogens (tertiary/aromatic N) is 3. The number of imidazole rings is 1. The summed E-state index contributed by atoms with van der Waals surface area (Å²) in [5.74, 6) is 0.675. The Morgan fingerprint density at radius 1 is 0.443 bits per heavy atom. The monoisotopic (exact) mass is 911 g/mol. The lowest BCUT2D eigenvalue weighted by atomic mass is 9.93. The normalized spacial score (nSPS) is 15.4. The third-order valence-electron chi connectivity index (χ3n) is 14.4. The first-order chi connectivity index (χ1) is 36.1. The Bertz CT molecular complexity index is 3640. The van der Waals surface area contributed by atoms with Crippen molar-refractivity contribution in [2.75, 3.05) is 0 Å². The molecule has 2 aliphatic rings. The van der Waals surface area contributed by atoms with Crippen LogP contribution < -0.4 is 0 Å². The summed E-state index contributed by atoms with van der Waals surface area (Å²) in [6.45, 7) is 0. The molecule has 12 rings (SSSR count). The van der Waals surface area contributed by atoms with Gasteiger partial charge in [0.25, 0.3) is 0 Å². The number of aromatic nitrogens is 3. The zero-order chi connectivity index (χ0) is 50.4. The molecule has 0 spiro atoms. The number of phenols is 1. The van der Waals surface area contributed by atoms with Crippen LogP contribution in [0.3, 0.4) is 0 Å². The van der Waals surface area contributed by atoms with E-state index in [1.807, 2.05) is 128 Å².